The van der Waals surface area contributed by atoms with Gasteiger partial charge in [0.1, 0.15) is 12.2 Å². The summed E-state index contributed by atoms with van der Waals surface area (Å²) in [7, 11) is 0. The summed E-state index contributed by atoms with van der Waals surface area (Å²) >= 11 is 1.16. The zero-order valence-corrected chi connectivity index (χ0v) is 11.8. The van der Waals surface area contributed by atoms with E-state index in [4.69, 9.17) is 4.52 Å². The first-order valence-electron chi connectivity index (χ1n) is 6.04. The highest BCUT2D eigenvalue weighted by Crippen LogP contribution is 2.14. The van der Waals surface area contributed by atoms with Gasteiger partial charge in [-0.3, -0.25) is 14.3 Å². The van der Waals surface area contributed by atoms with Crippen LogP contribution in [-0.4, -0.2) is 19.7 Å². The Morgan fingerprint density at radius 2 is 2.25 bits per heavy atom. The van der Waals surface area contributed by atoms with Crippen LogP contribution in [0, 0.1) is 13.8 Å². The highest BCUT2D eigenvalue weighted by molar-refractivity contribution is 7.07. The lowest BCUT2D eigenvalue weighted by Crippen LogP contribution is -2.15. The number of aryl methyl sites for hydroxylation is 2. The fourth-order valence-corrected chi connectivity index (χ4v) is 2.55. The molecule has 0 aliphatic carbocycles. The van der Waals surface area contributed by atoms with E-state index in [0.717, 1.165) is 22.6 Å². The SMILES string of the molecule is Cc1ccnc(-c2noc(Cn3c(C)csc3=O)n2)c1. The Bertz CT molecular complexity index is 803. The van der Waals surface area contributed by atoms with E-state index in [1.54, 1.807) is 10.8 Å². The van der Waals surface area contributed by atoms with Crippen molar-refractivity contribution in [3.05, 3.63) is 50.5 Å². The van der Waals surface area contributed by atoms with Crippen molar-refractivity contribution in [2.24, 2.45) is 0 Å². The quantitative estimate of drug-likeness (QED) is 0.737. The average molecular weight is 288 g/mol. The van der Waals surface area contributed by atoms with Gasteiger partial charge in [-0.15, -0.1) is 0 Å². The van der Waals surface area contributed by atoms with Crippen LogP contribution >= 0.6 is 11.3 Å². The van der Waals surface area contributed by atoms with Crippen LogP contribution < -0.4 is 4.87 Å². The minimum atomic E-state index is -0.0315. The minimum Gasteiger partial charge on any atom is -0.337 e. The number of aromatic nitrogens is 4. The fourth-order valence-electron chi connectivity index (χ4n) is 1.81. The molecule has 0 fully saturated rings. The predicted molar refractivity (Wildman–Crippen MR) is 74.7 cm³/mol. The van der Waals surface area contributed by atoms with Crippen LogP contribution in [0.2, 0.25) is 0 Å². The number of rotatable bonds is 3. The highest BCUT2D eigenvalue weighted by atomic mass is 32.1. The third-order valence-electron chi connectivity index (χ3n) is 2.88. The van der Waals surface area contributed by atoms with Gasteiger partial charge in [0, 0.05) is 17.3 Å². The third kappa shape index (κ3) is 2.39. The van der Waals surface area contributed by atoms with Gasteiger partial charge >= 0.3 is 4.87 Å². The maximum atomic E-state index is 11.6. The van der Waals surface area contributed by atoms with Crippen molar-refractivity contribution in [2.45, 2.75) is 20.4 Å². The van der Waals surface area contributed by atoms with Gasteiger partial charge in [0.15, 0.2) is 0 Å². The fraction of sp³-hybridized carbons (Fsp3) is 0.231. The summed E-state index contributed by atoms with van der Waals surface area (Å²) in [6.45, 7) is 4.13. The van der Waals surface area contributed by atoms with Crippen molar-refractivity contribution in [3.63, 3.8) is 0 Å². The summed E-state index contributed by atoms with van der Waals surface area (Å²) in [5.41, 5.74) is 2.62. The molecule has 0 saturated carbocycles. The van der Waals surface area contributed by atoms with Crippen LogP contribution in [0.4, 0.5) is 0 Å². The van der Waals surface area contributed by atoms with Crippen LogP contribution in [-0.2, 0) is 6.54 Å². The van der Waals surface area contributed by atoms with E-state index >= 15 is 0 Å². The van der Waals surface area contributed by atoms with Gasteiger partial charge in [0.2, 0.25) is 11.7 Å². The Morgan fingerprint density at radius 3 is 2.95 bits per heavy atom. The number of nitrogens with zero attached hydrogens (tertiary/aromatic N) is 4. The van der Waals surface area contributed by atoms with Crippen molar-refractivity contribution < 1.29 is 4.52 Å². The molecule has 0 aliphatic rings. The molecule has 0 atom stereocenters. The Morgan fingerprint density at radius 1 is 1.40 bits per heavy atom. The molecule has 0 aliphatic heterocycles. The molecule has 3 aromatic heterocycles. The molecule has 0 N–H and O–H groups in total. The van der Waals surface area contributed by atoms with Crippen LogP contribution in [0.15, 0.2) is 33.0 Å². The van der Waals surface area contributed by atoms with Gasteiger partial charge in [-0.05, 0) is 31.5 Å². The van der Waals surface area contributed by atoms with Crippen LogP contribution in [0.5, 0.6) is 0 Å². The second-order valence-electron chi connectivity index (χ2n) is 4.46. The molecule has 0 amide bonds. The molecule has 0 bridgehead atoms. The maximum Gasteiger partial charge on any atom is 0.307 e. The van der Waals surface area contributed by atoms with Crippen molar-refractivity contribution in [1.82, 2.24) is 19.7 Å². The minimum absolute atomic E-state index is 0.0315. The summed E-state index contributed by atoms with van der Waals surface area (Å²) in [5, 5.41) is 5.71. The Kier molecular flexibility index (Phi) is 3.19. The molecule has 0 radical (unpaired) electrons. The van der Waals surface area contributed by atoms with Gasteiger partial charge in [0.05, 0.1) is 0 Å². The molecular formula is C13H12N4O2S. The molecule has 0 unspecified atom stereocenters. The van der Waals surface area contributed by atoms with Gasteiger partial charge in [0.25, 0.3) is 0 Å². The zero-order valence-electron chi connectivity index (χ0n) is 11.0. The Labute approximate surface area is 118 Å². The highest BCUT2D eigenvalue weighted by Gasteiger charge is 2.12. The average Bonchev–Trinajstić information content (AvgIpc) is 3.01. The van der Waals surface area contributed by atoms with E-state index in [9.17, 15) is 4.79 Å². The third-order valence-corrected chi connectivity index (χ3v) is 3.76. The molecule has 3 heterocycles. The lowest BCUT2D eigenvalue weighted by Gasteiger charge is -1.98. The molecule has 0 spiro atoms. The van der Waals surface area contributed by atoms with Crippen molar-refractivity contribution in [2.75, 3.05) is 0 Å². The Balaban J connectivity index is 1.89. The second-order valence-corrected chi connectivity index (χ2v) is 5.28. The predicted octanol–water partition coefficient (Wildman–Crippen LogP) is 2.02. The van der Waals surface area contributed by atoms with E-state index in [2.05, 4.69) is 15.1 Å². The molecule has 6 nitrogen and oxygen atoms in total. The first-order valence-corrected chi connectivity index (χ1v) is 6.92. The maximum absolute atomic E-state index is 11.6. The van der Waals surface area contributed by atoms with Crippen molar-refractivity contribution in [1.29, 1.82) is 0 Å². The lowest BCUT2D eigenvalue weighted by molar-refractivity contribution is 0.369. The summed E-state index contributed by atoms with van der Waals surface area (Å²) < 4.78 is 6.79. The van der Waals surface area contributed by atoms with E-state index in [0.29, 0.717) is 17.4 Å². The molecule has 3 aromatic rings. The smallest absolute Gasteiger partial charge is 0.307 e. The topological polar surface area (TPSA) is 73.8 Å². The van der Waals surface area contributed by atoms with Gasteiger partial charge in [-0.2, -0.15) is 4.98 Å². The first-order chi connectivity index (χ1) is 9.63. The van der Waals surface area contributed by atoms with Crippen LogP contribution in [0.3, 0.4) is 0 Å². The van der Waals surface area contributed by atoms with E-state index in [1.807, 2.05) is 31.4 Å². The normalized spacial score (nSPS) is 10.9. The molecular weight excluding hydrogens is 276 g/mol. The van der Waals surface area contributed by atoms with Gasteiger partial charge in [-0.1, -0.05) is 16.5 Å². The van der Waals surface area contributed by atoms with Crippen molar-refractivity contribution >= 4 is 11.3 Å². The summed E-state index contributed by atoms with van der Waals surface area (Å²) in [4.78, 5) is 20.1. The van der Waals surface area contributed by atoms with Crippen LogP contribution in [0.25, 0.3) is 11.5 Å². The van der Waals surface area contributed by atoms with E-state index < -0.39 is 0 Å². The van der Waals surface area contributed by atoms with E-state index in [-0.39, 0.29) is 11.4 Å². The second kappa shape index (κ2) is 5.01. The largest absolute Gasteiger partial charge is 0.337 e. The number of pyridine rings is 1. The molecule has 102 valence electrons. The number of hydrogen-bond acceptors (Lipinski definition) is 6. The molecule has 7 heteroatoms. The monoisotopic (exact) mass is 288 g/mol. The van der Waals surface area contributed by atoms with Crippen LogP contribution in [0.1, 0.15) is 17.1 Å². The summed E-state index contributed by atoms with van der Waals surface area (Å²) in [5.74, 6) is 0.830. The molecule has 20 heavy (non-hydrogen) atoms. The zero-order chi connectivity index (χ0) is 14.1. The van der Waals surface area contributed by atoms with E-state index in [1.165, 1.54) is 0 Å². The molecule has 0 aromatic carbocycles. The lowest BCUT2D eigenvalue weighted by atomic mass is 10.2. The van der Waals surface area contributed by atoms with Gasteiger partial charge in [-0.25, -0.2) is 0 Å². The Hall–Kier alpha value is -2.28. The number of hydrogen-bond donors (Lipinski definition) is 0. The molecule has 3 rings (SSSR count). The number of thiazole rings is 1. The molecule has 0 saturated heterocycles. The summed E-state index contributed by atoms with van der Waals surface area (Å²) in [6.07, 6.45) is 1.70. The van der Waals surface area contributed by atoms with Crippen molar-refractivity contribution in [3.8, 4) is 11.5 Å². The first kappa shape index (κ1) is 12.7. The van der Waals surface area contributed by atoms with Gasteiger partial charge < -0.3 is 4.52 Å². The summed E-state index contributed by atoms with van der Waals surface area (Å²) in [6, 6.07) is 3.79. The standard InChI is InChI=1S/C13H12N4O2S/c1-8-3-4-14-10(5-8)12-15-11(19-16-12)6-17-9(2)7-20-13(17)18/h3-5,7H,6H2,1-2H3.